The van der Waals surface area contributed by atoms with Crippen molar-refractivity contribution in [3.8, 4) is 0 Å². The topological polar surface area (TPSA) is 86.5 Å². The maximum atomic E-state index is 14.9. The maximum absolute atomic E-state index is 14.9. The van der Waals surface area contributed by atoms with Crippen molar-refractivity contribution in [2.75, 3.05) is 0 Å². The van der Waals surface area contributed by atoms with E-state index in [1.807, 2.05) is 55.4 Å². The summed E-state index contributed by atoms with van der Waals surface area (Å²) in [4.78, 5) is 16.5. The van der Waals surface area contributed by atoms with Gasteiger partial charge < -0.3 is 19.1 Å². The van der Waals surface area contributed by atoms with E-state index in [4.69, 9.17) is 13.8 Å². The summed E-state index contributed by atoms with van der Waals surface area (Å²) < 4.78 is 31.8. The van der Waals surface area contributed by atoms with Gasteiger partial charge in [0.15, 0.2) is 5.82 Å². The van der Waals surface area contributed by atoms with E-state index in [0.717, 1.165) is 5.56 Å². The molecule has 1 saturated heterocycles. The number of carbonyl (C=O) groups is 1. The van der Waals surface area contributed by atoms with Crippen LogP contribution in [0.2, 0.25) is 0 Å². The number of nitrogens with one attached hydrogen (secondary N) is 1. The van der Waals surface area contributed by atoms with E-state index >= 15 is 0 Å². The highest BCUT2D eigenvalue weighted by atomic mass is 19.1. The van der Waals surface area contributed by atoms with Crippen LogP contribution in [0.4, 0.5) is 4.39 Å². The van der Waals surface area contributed by atoms with Gasteiger partial charge >= 0.3 is 18.9 Å². The summed E-state index contributed by atoms with van der Waals surface area (Å²) in [5.41, 5.74) is 0.346. The Balaban J connectivity index is 1.72. The van der Waals surface area contributed by atoms with Gasteiger partial charge in [0.1, 0.15) is 5.82 Å². The smallest absolute Gasteiger partial charge is 0.399 e. The van der Waals surface area contributed by atoms with E-state index in [0.29, 0.717) is 16.9 Å². The highest BCUT2D eigenvalue weighted by Crippen LogP contribution is 2.36. The quantitative estimate of drug-likeness (QED) is 0.770. The molecule has 2 heterocycles. The van der Waals surface area contributed by atoms with E-state index in [9.17, 15) is 9.18 Å². The molecule has 1 N–H and O–H groups in total. The molecular formula is C21H29BFN3O4. The van der Waals surface area contributed by atoms with Crippen LogP contribution in [-0.2, 0) is 21.3 Å². The molecule has 30 heavy (non-hydrogen) atoms. The molecule has 3 rings (SSSR count). The molecule has 1 amide bonds. The number of hydrogen-bond donors (Lipinski definition) is 1. The molecule has 0 radical (unpaired) electrons. The minimum absolute atomic E-state index is 0.119. The first kappa shape index (κ1) is 22.4. The highest BCUT2D eigenvalue weighted by Gasteiger charge is 2.52. The van der Waals surface area contributed by atoms with E-state index in [1.54, 1.807) is 6.07 Å². The molecule has 0 atom stereocenters. The molecule has 1 fully saturated rings. The number of amides is 1. The van der Waals surface area contributed by atoms with Gasteiger partial charge in [0, 0.05) is 17.4 Å². The summed E-state index contributed by atoms with van der Waals surface area (Å²) in [5.74, 6) is -0.627. The first-order valence-electron chi connectivity index (χ1n) is 9.98. The zero-order valence-electron chi connectivity index (χ0n) is 18.8. The van der Waals surface area contributed by atoms with Crippen molar-refractivity contribution >= 4 is 18.5 Å². The van der Waals surface area contributed by atoms with Crippen LogP contribution in [0.15, 0.2) is 16.7 Å². The summed E-state index contributed by atoms with van der Waals surface area (Å²) >= 11 is 0. The molecule has 1 aromatic heterocycles. The average Bonchev–Trinajstić information content (AvgIpc) is 3.18. The van der Waals surface area contributed by atoms with Gasteiger partial charge in [0.25, 0.3) is 0 Å². The Morgan fingerprint density at radius 1 is 1.17 bits per heavy atom. The Kier molecular flexibility index (Phi) is 5.58. The van der Waals surface area contributed by atoms with Crippen molar-refractivity contribution in [1.82, 2.24) is 15.5 Å². The first-order valence-corrected chi connectivity index (χ1v) is 9.98. The zero-order chi connectivity index (χ0) is 22.5. The lowest BCUT2D eigenvalue weighted by Gasteiger charge is -2.32. The summed E-state index contributed by atoms with van der Waals surface area (Å²) in [6.45, 7) is 15.4. The van der Waals surface area contributed by atoms with Gasteiger partial charge in [0.2, 0.25) is 0 Å². The van der Waals surface area contributed by atoms with Crippen LogP contribution in [0.3, 0.4) is 0 Å². The average molecular weight is 417 g/mol. The van der Waals surface area contributed by atoms with Crippen LogP contribution in [0.25, 0.3) is 0 Å². The molecule has 9 heteroatoms. The SMILES string of the molecule is Cc1cc(B2OC(C)(C)C(C)(C)O2)c(F)cc1CNC(=O)c1nc(C(C)(C)C)no1. The molecule has 0 saturated carbocycles. The third-order valence-electron chi connectivity index (χ3n) is 5.69. The summed E-state index contributed by atoms with van der Waals surface area (Å²) in [6, 6.07) is 3.09. The fourth-order valence-electron chi connectivity index (χ4n) is 2.96. The molecule has 1 aromatic carbocycles. The standard InChI is InChI=1S/C21H29BFN3O4/c1-12-9-14(22-29-20(5,6)21(7,8)30-22)15(23)10-13(12)11-24-16(27)17-25-18(26-28-17)19(2,3)4/h9-10H,11H2,1-8H3,(H,24,27). The Morgan fingerprint density at radius 2 is 1.77 bits per heavy atom. The fraction of sp³-hybridized carbons (Fsp3) is 0.571. The second-order valence-electron chi connectivity index (χ2n) is 9.74. The number of halogens is 1. The number of nitrogens with zero attached hydrogens (tertiary/aromatic N) is 2. The lowest BCUT2D eigenvalue weighted by molar-refractivity contribution is 0.00578. The van der Waals surface area contributed by atoms with Gasteiger partial charge in [-0.15, -0.1) is 0 Å². The van der Waals surface area contributed by atoms with Crippen LogP contribution in [0.5, 0.6) is 0 Å². The predicted octanol–water partition coefficient (Wildman–Crippen LogP) is 3.04. The fourth-order valence-corrected chi connectivity index (χ4v) is 2.96. The second kappa shape index (κ2) is 7.46. The third-order valence-corrected chi connectivity index (χ3v) is 5.69. The molecule has 7 nitrogen and oxygen atoms in total. The normalized spacial score (nSPS) is 18.0. The Labute approximate surface area is 176 Å². The third kappa shape index (κ3) is 4.27. The van der Waals surface area contributed by atoms with Gasteiger partial charge in [-0.1, -0.05) is 32.0 Å². The number of hydrogen-bond acceptors (Lipinski definition) is 6. The van der Waals surface area contributed by atoms with Crippen LogP contribution in [0, 0.1) is 12.7 Å². The predicted molar refractivity (Wildman–Crippen MR) is 111 cm³/mol. The van der Waals surface area contributed by atoms with Crippen LogP contribution in [0.1, 0.15) is 76.1 Å². The number of aryl methyl sites for hydroxylation is 1. The number of rotatable bonds is 4. The van der Waals surface area contributed by atoms with Crippen molar-refractivity contribution in [3.63, 3.8) is 0 Å². The van der Waals surface area contributed by atoms with Gasteiger partial charge in [-0.3, -0.25) is 4.79 Å². The lowest BCUT2D eigenvalue weighted by atomic mass is 9.77. The highest BCUT2D eigenvalue weighted by molar-refractivity contribution is 6.62. The molecule has 1 aliphatic rings. The van der Waals surface area contributed by atoms with Crippen molar-refractivity contribution in [1.29, 1.82) is 0 Å². The van der Waals surface area contributed by atoms with E-state index in [-0.39, 0.29) is 17.9 Å². The molecule has 0 spiro atoms. The first-order chi connectivity index (χ1) is 13.7. The van der Waals surface area contributed by atoms with Gasteiger partial charge in [-0.2, -0.15) is 4.98 Å². The van der Waals surface area contributed by atoms with Crippen LogP contribution < -0.4 is 10.8 Å². The minimum atomic E-state index is -0.786. The molecule has 162 valence electrons. The molecule has 2 aromatic rings. The number of benzene rings is 1. The summed E-state index contributed by atoms with van der Waals surface area (Å²) in [6.07, 6.45) is 0. The summed E-state index contributed by atoms with van der Waals surface area (Å²) in [5, 5.41) is 6.54. The minimum Gasteiger partial charge on any atom is -0.399 e. The number of carbonyl (C=O) groups excluding carboxylic acids is 1. The largest absolute Gasteiger partial charge is 0.497 e. The summed E-state index contributed by atoms with van der Waals surface area (Å²) in [7, 11) is -0.786. The molecule has 1 aliphatic heterocycles. The van der Waals surface area contributed by atoms with E-state index in [2.05, 4.69) is 15.5 Å². The Morgan fingerprint density at radius 3 is 2.30 bits per heavy atom. The van der Waals surface area contributed by atoms with Crippen molar-refractivity contribution < 1.29 is 23.0 Å². The van der Waals surface area contributed by atoms with Crippen molar-refractivity contribution in [2.24, 2.45) is 0 Å². The second-order valence-corrected chi connectivity index (χ2v) is 9.74. The monoisotopic (exact) mass is 417 g/mol. The Bertz CT molecular complexity index is 950. The van der Waals surface area contributed by atoms with Crippen molar-refractivity contribution in [3.05, 3.63) is 40.8 Å². The maximum Gasteiger partial charge on any atom is 0.497 e. The van der Waals surface area contributed by atoms with Gasteiger partial charge in [0.05, 0.1) is 11.2 Å². The van der Waals surface area contributed by atoms with E-state index < -0.39 is 30.0 Å². The Hall–Kier alpha value is -2.26. The molecule has 0 bridgehead atoms. The molecule has 0 aliphatic carbocycles. The van der Waals surface area contributed by atoms with Gasteiger partial charge in [-0.05, 0) is 51.8 Å². The molecule has 0 unspecified atom stereocenters. The van der Waals surface area contributed by atoms with Crippen LogP contribution in [-0.4, -0.2) is 34.4 Å². The van der Waals surface area contributed by atoms with Gasteiger partial charge in [-0.25, -0.2) is 4.39 Å². The van der Waals surface area contributed by atoms with Crippen LogP contribution >= 0.6 is 0 Å². The zero-order valence-corrected chi connectivity index (χ0v) is 18.8. The molecular weight excluding hydrogens is 388 g/mol. The number of aromatic nitrogens is 2. The lowest BCUT2D eigenvalue weighted by Crippen LogP contribution is -2.41. The van der Waals surface area contributed by atoms with E-state index in [1.165, 1.54) is 6.07 Å². The van der Waals surface area contributed by atoms with Crippen molar-refractivity contribution in [2.45, 2.75) is 78.6 Å².